The minimum atomic E-state index is 0.842. The van der Waals surface area contributed by atoms with Crippen molar-refractivity contribution in [3.63, 3.8) is 0 Å². The van der Waals surface area contributed by atoms with E-state index >= 15 is 0 Å². The number of anilines is 6. The SMILES string of the molecule is C=Cc1cccc(N(c2ccc3oc4ccc(N(c5cccc(C=C)c5)c5cccc6ccccc56)cc4c3c2)c2cccc3ccccc23)c1. The number of rotatable bonds is 8. The largest absolute Gasteiger partial charge is 0.456 e. The average molecular weight is 655 g/mol. The molecule has 0 aliphatic heterocycles. The first-order valence-corrected chi connectivity index (χ1v) is 17.2. The second-order valence-corrected chi connectivity index (χ2v) is 12.7. The number of benzene rings is 8. The van der Waals surface area contributed by atoms with Crippen LogP contribution in [0, 0.1) is 0 Å². The van der Waals surface area contributed by atoms with E-state index in [1.54, 1.807) is 0 Å². The first kappa shape index (κ1) is 30.2. The molecule has 0 amide bonds. The lowest BCUT2D eigenvalue weighted by Gasteiger charge is -2.27. The van der Waals surface area contributed by atoms with E-state index in [9.17, 15) is 0 Å². The lowest BCUT2D eigenvalue weighted by molar-refractivity contribution is 0.669. The van der Waals surface area contributed by atoms with Gasteiger partial charge in [-0.15, -0.1) is 0 Å². The first-order valence-electron chi connectivity index (χ1n) is 17.2. The second-order valence-electron chi connectivity index (χ2n) is 12.7. The molecular weight excluding hydrogens is 621 g/mol. The molecular formula is C48H34N2O. The Morgan fingerprint density at radius 1 is 0.373 bits per heavy atom. The molecule has 0 saturated heterocycles. The van der Waals surface area contributed by atoms with Crippen LogP contribution in [0.2, 0.25) is 0 Å². The third-order valence-electron chi connectivity index (χ3n) is 9.70. The molecule has 242 valence electrons. The van der Waals surface area contributed by atoms with Gasteiger partial charge in [0.25, 0.3) is 0 Å². The molecule has 1 heterocycles. The summed E-state index contributed by atoms with van der Waals surface area (Å²) in [6.45, 7) is 8.10. The second kappa shape index (κ2) is 12.6. The smallest absolute Gasteiger partial charge is 0.135 e. The molecule has 1 aromatic heterocycles. The van der Waals surface area contributed by atoms with Crippen LogP contribution >= 0.6 is 0 Å². The minimum absolute atomic E-state index is 0.842. The Labute approximate surface area is 297 Å². The van der Waals surface area contributed by atoms with E-state index in [2.05, 4.69) is 193 Å². The fourth-order valence-electron chi connectivity index (χ4n) is 7.27. The summed E-state index contributed by atoms with van der Waals surface area (Å²) < 4.78 is 6.49. The van der Waals surface area contributed by atoms with Crippen LogP contribution in [-0.4, -0.2) is 0 Å². The summed E-state index contributed by atoms with van der Waals surface area (Å²) in [4.78, 5) is 4.67. The van der Waals surface area contributed by atoms with Crippen LogP contribution in [0.1, 0.15) is 11.1 Å². The quantitative estimate of drug-likeness (QED) is 0.163. The summed E-state index contributed by atoms with van der Waals surface area (Å²) in [7, 11) is 0. The zero-order chi connectivity index (χ0) is 34.3. The van der Waals surface area contributed by atoms with E-state index < -0.39 is 0 Å². The highest BCUT2D eigenvalue weighted by Crippen LogP contribution is 2.44. The van der Waals surface area contributed by atoms with Crippen molar-refractivity contribution in [1.82, 2.24) is 0 Å². The van der Waals surface area contributed by atoms with E-state index in [0.29, 0.717) is 0 Å². The number of furan rings is 1. The van der Waals surface area contributed by atoms with Crippen LogP contribution in [0.4, 0.5) is 34.1 Å². The minimum Gasteiger partial charge on any atom is -0.456 e. The highest BCUT2D eigenvalue weighted by Gasteiger charge is 2.20. The summed E-state index contributed by atoms with van der Waals surface area (Å²) in [5, 5.41) is 6.83. The van der Waals surface area contributed by atoms with Crippen LogP contribution in [0.3, 0.4) is 0 Å². The molecule has 0 aliphatic rings. The normalized spacial score (nSPS) is 11.3. The molecule has 51 heavy (non-hydrogen) atoms. The van der Waals surface area contributed by atoms with Crippen LogP contribution in [0.25, 0.3) is 55.6 Å². The monoisotopic (exact) mass is 654 g/mol. The Balaban J connectivity index is 1.26. The topological polar surface area (TPSA) is 19.6 Å². The molecule has 0 spiro atoms. The van der Waals surface area contributed by atoms with Gasteiger partial charge in [0.1, 0.15) is 11.2 Å². The zero-order valence-corrected chi connectivity index (χ0v) is 28.0. The summed E-state index contributed by atoms with van der Waals surface area (Å²) in [5.74, 6) is 0. The van der Waals surface area contributed by atoms with Crippen molar-refractivity contribution in [3.8, 4) is 0 Å². The molecule has 9 rings (SSSR count). The molecule has 0 fully saturated rings. The molecule has 0 radical (unpaired) electrons. The summed E-state index contributed by atoms with van der Waals surface area (Å²) in [6, 6.07) is 60.1. The molecule has 0 atom stereocenters. The van der Waals surface area contributed by atoms with Crippen molar-refractivity contribution in [3.05, 3.63) is 194 Å². The summed E-state index contributed by atoms with van der Waals surface area (Å²) in [5.41, 5.74) is 10.2. The number of hydrogen-bond acceptors (Lipinski definition) is 3. The number of hydrogen-bond donors (Lipinski definition) is 0. The first-order chi connectivity index (χ1) is 25.2. The van der Waals surface area contributed by atoms with Gasteiger partial charge in [-0.2, -0.15) is 0 Å². The Bertz CT molecular complexity index is 2570. The zero-order valence-electron chi connectivity index (χ0n) is 28.0. The van der Waals surface area contributed by atoms with Gasteiger partial charge in [-0.1, -0.05) is 122 Å². The van der Waals surface area contributed by atoms with Crippen molar-refractivity contribution in [2.45, 2.75) is 0 Å². The van der Waals surface area contributed by atoms with Crippen LogP contribution < -0.4 is 9.80 Å². The van der Waals surface area contributed by atoms with Crippen LogP contribution in [0.15, 0.2) is 187 Å². The van der Waals surface area contributed by atoms with Crippen molar-refractivity contribution >= 4 is 89.8 Å². The third kappa shape index (κ3) is 5.33. The van der Waals surface area contributed by atoms with E-state index in [1.807, 2.05) is 12.2 Å². The van der Waals surface area contributed by atoms with Gasteiger partial charge >= 0.3 is 0 Å². The fraction of sp³-hybridized carbons (Fsp3) is 0. The highest BCUT2D eigenvalue weighted by molar-refractivity contribution is 6.09. The van der Waals surface area contributed by atoms with Gasteiger partial charge in [0, 0.05) is 44.3 Å². The summed E-state index contributed by atoms with van der Waals surface area (Å²) in [6.07, 6.45) is 3.79. The van der Waals surface area contributed by atoms with Crippen molar-refractivity contribution < 1.29 is 4.42 Å². The van der Waals surface area contributed by atoms with Crippen LogP contribution in [0.5, 0.6) is 0 Å². The molecule has 0 bridgehead atoms. The Morgan fingerprint density at radius 2 is 0.784 bits per heavy atom. The van der Waals surface area contributed by atoms with E-state index in [1.165, 1.54) is 21.5 Å². The van der Waals surface area contributed by atoms with Crippen LogP contribution in [-0.2, 0) is 0 Å². The van der Waals surface area contributed by atoms with Gasteiger partial charge in [0.15, 0.2) is 0 Å². The number of nitrogens with zero attached hydrogens (tertiary/aromatic N) is 2. The Hall–Kier alpha value is -6.84. The molecule has 3 nitrogen and oxygen atoms in total. The predicted molar refractivity (Wildman–Crippen MR) is 218 cm³/mol. The van der Waals surface area contributed by atoms with Gasteiger partial charge in [0.05, 0.1) is 11.4 Å². The standard InChI is InChI=1S/C48H34N2O/c1-3-33-13-9-19-37(29-33)49(45-23-11-17-35-15-5-7-21-41(35)45)39-25-27-47-43(31-39)44-32-40(26-28-48(44)51-47)50(38-20-10-14-34(4-2)30-38)46-24-12-18-36-16-6-8-22-42(36)46/h3-32H,1-2H2. The van der Waals surface area contributed by atoms with Crippen molar-refractivity contribution in [2.24, 2.45) is 0 Å². The van der Waals surface area contributed by atoms with Gasteiger partial charge < -0.3 is 14.2 Å². The van der Waals surface area contributed by atoms with Gasteiger partial charge in [-0.3, -0.25) is 0 Å². The molecule has 0 unspecified atom stereocenters. The maximum atomic E-state index is 6.49. The molecule has 3 heteroatoms. The molecule has 9 aromatic rings. The Kier molecular flexibility index (Phi) is 7.44. The van der Waals surface area contributed by atoms with Gasteiger partial charge in [-0.05, 0) is 94.7 Å². The molecule has 8 aromatic carbocycles. The predicted octanol–water partition coefficient (Wildman–Crippen LogP) is 14.1. The van der Waals surface area contributed by atoms with Crippen molar-refractivity contribution in [2.75, 3.05) is 9.80 Å². The average Bonchev–Trinajstić information content (AvgIpc) is 3.56. The van der Waals surface area contributed by atoms with Gasteiger partial charge in [-0.25, -0.2) is 0 Å². The van der Waals surface area contributed by atoms with E-state index in [-0.39, 0.29) is 0 Å². The lowest BCUT2D eigenvalue weighted by atomic mass is 10.0. The summed E-state index contributed by atoms with van der Waals surface area (Å²) >= 11 is 0. The Morgan fingerprint density at radius 3 is 1.25 bits per heavy atom. The van der Waals surface area contributed by atoms with E-state index in [4.69, 9.17) is 4.42 Å². The maximum Gasteiger partial charge on any atom is 0.135 e. The number of fused-ring (bicyclic) bond motifs is 5. The lowest BCUT2D eigenvalue weighted by Crippen LogP contribution is -2.11. The maximum absolute atomic E-state index is 6.49. The van der Waals surface area contributed by atoms with Crippen molar-refractivity contribution in [1.29, 1.82) is 0 Å². The van der Waals surface area contributed by atoms with Gasteiger partial charge in [0.2, 0.25) is 0 Å². The van der Waals surface area contributed by atoms with E-state index in [0.717, 1.165) is 67.2 Å². The molecule has 0 aliphatic carbocycles. The fourth-order valence-corrected chi connectivity index (χ4v) is 7.27. The molecule has 0 N–H and O–H groups in total. The third-order valence-corrected chi connectivity index (χ3v) is 9.70. The highest BCUT2D eigenvalue weighted by atomic mass is 16.3. The molecule has 0 saturated carbocycles.